The Morgan fingerprint density at radius 2 is 1.71 bits per heavy atom. The summed E-state index contributed by atoms with van der Waals surface area (Å²) in [4.78, 5) is 13.0. The van der Waals surface area contributed by atoms with Crippen molar-refractivity contribution in [3.05, 3.63) is 0 Å². The van der Waals surface area contributed by atoms with Crippen LogP contribution >= 0.6 is 0 Å². The lowest BCUT2D eigenvalue weighted by molar-refractivity contribution is -0.0139. The lowest BCUT2D eigenvalue weighted by Crippen LogP contribution is -2.54. The molecule has 4 saturated heterocycles. The summed E-state index contributed by atoms with van der Waals surface area (Å²) in [6.07, 6.45) is 6.13. The molecule has 160 valence electrons. The van der Waals surface area contributed by atoms with Gasteiger partial charge in [0.15, 0.2) is 5.96 Å². The maximum Gasteiger partial charge on any atom is 0.194 e. The van der Waals surface area contributed by atoms with E-state index in [-0.39, 0.29) is 5.54 Å². The van der Waals surface area contributed by atoms with Crippen LogP contribution in [-0.2, 0) is 9.47 Å². The largest absolute Gasteiger partial charge is 0.381 e. The molecule has 28 heavy (non-hydrogen) atoms. The van der Waals surface area contributed by atoms with Gasteiger partial charge in [0.25, 0.3) is 0 Å². The van der Waals surface area contributed by atoms with E-state index in [1.807, 2.05) is 0 Å². The average molecular weight is 394 g/mol. The van der Waals surface area contributed by atoms with E-state index in [1.54, 1.807) is 0 Å². The normalized spacial score (nSPS) is 30.1. The fourth-order valence-corrected chi connectivity index (χ4v) is 5.34. The summed E-state index contributed by atoms with van der Waals surface area (Å²) in [6.45, 7) is 14.3. The molecule has 1 atom stereocenters. The van der Waals surface area contributed by atoms with E-state index >= 15 is 0 Å². The fourth-order valence-electron chi connectivity index (χ4n) is 5.34. The van der Waals surface area contributed by atoms with Gasteiger partial charge >= 0.3 is 0 Å². The monoisotopic (exact) mass is 393 g/mol. The molecule has 0 aromatic heterocycles. The van der Waals surface area contributed by atoms with E-state index in [1.165, 1.54) is 32.4 Å². The summed E-state index contributed by atoms with van der Waals surface area (Å²) in [5, 5.41) is 3.58. The topological polar surface area (TPSA) is 52.6 Å². The number of likely N-dealkylation sites (tertiary alicyclic amines) is 2. The highest BCUT2D eigenvalue weighted by Gasteiger charge is 2.40. The molecular formula is C21H39N5O2. The molecule has 1 unspecified atom stereocenters. The minimum Gasteiger partial charge on any atom is -0.381 e. The molecule has 1 N–H and O–H groups in total. The highest BCUT2D eigenvalue weighted by atomic mass is 16.5. The van der Waals surface area contributed by atoms with E-state index in [0.717, 1.165) is 84.5 Å². The van der Waals surface area contributed by atoms with Gasteiger partial charge < -0.3 is 19.7 Å². The predicted molar refractivity (Wildman–Crippen MR) is 112 cm³/mol. The third kappa shape index (κ3) is 4.64. The zero-order valence-corrected chi connectivity index (χ0v) is 17.7. The number of hydrogen-bond acceptors (Lipinski definition) is 5. The first kappa shape index (κ1) is 20.4. The summed E-state index contributed by atoms with van der Waals surface area (Å²) < 4.78 is 11.2. The Morgan fingerprint density at radius 3 is 2.43 bits per heavy atom. The van der Waals surface area contributed by atoms with Crippen LogP contribution in [0.15, 0.2) is 4.99 Å². The summed E-state index contributed by atoms with van der Waals surface area (Å²) in [5.74, 6) is 1.11. The quantitative estimate of drug-likeness (QED) is 0.556. The molecule has 7 heteroatoms. The van der Waals surface area contributed by atoms with Gasteiger partial charge in [-0.15, -0.1) is 0 Å². The van der Waals surface area contributed by atoms with E-state index in [2.05, 4.69) is 26.9 Å². The van der Waals surface area contributed by atoms with Crippen LogP contribution in [-0.4, -0.2) is 111 Å². The van der Waals surface area contributed by atoms with Crippen molar-refractivity contribution >= 4 is 5.96 Å². The van der Waals surface area contributed by atoms with Gasteiger partial charge in [-0.3, -0.25) is 14.8 Å². The number of aliphatic imine (C=N–C) groups is 1. The number of rotatable bonds is 5. The molecule has 4 aliphatic rings. The summed E-state index contributed by atoms with van der Waals surface area (Å²) >= 11 is 0. The van der Waals surface area contributed by atoms with Gasteiger partial charge in [-0.25, -0.2) is 0 Å². The van der Waals surface area contributed by atoms with Crippen molar-refractivity contribution in [2.75, 3.05) is 78.8 Å². The molecule has 0 aromatic carbocycles. The summed E-state index contributed by atoms with van der Waals surface area (Å²) in [5.41, 5.74) is 0.207. The molecule has 0 aromatic rings. The first-order chi connectivity index (χ1) is 13.8. The van der Waals surface area contributed by atoms with Crippen molar-refractivity contribution in [2.24, 2.45) is 4.99 Å². The highest BCUT2D eigenvalue weighted by Crippen LogP contribution is 2.32. The Morgan fingerprint density at radius 1 is 1.00 bits per heavy atom. The van der Waals surface area contributed by atoms with Crippen LogP contribution in [0.3, 0.4) is 0 Å². The van der Waals surface area contributed by atoms with Crippen LogP contribution in [0.25, 0.3) is 0 Å². The van der Waals surface area contributed by atoms with Crippen molar-refractivity contribution in [3.63, 3.8) is 0 Å². The van der Waals surface area contributed by atoms with Crippen LogP contribution in [0.4, 0.5) is 0 Å². The van der Waals surface area contributed by atoms with Crippen LogP contribution in [0, 0.1) is 0 Å². The Kier molecular flexibility index (Phi) is 7.09. The van der Waals surface area contributed by atoms with Gasteiger partial charge in [-0.2, -0.15) is 0 Å². The Labute approximate surface area is 170 Å². The van der Waals surface area contributed by atoms with Gasteiger partial charge in [0, 0.05) is 57.5 Å². The minimum atomic E-state index is 0.207. The molecule has 4 heterocycles. The first-order valence-electron chi connectivity index (χ1n) is 11.5. The van der Waals surface area contributed by atoms with Crippen LogP contribution in [0.5, 0.6) is 0 Å². The standard InChI is InChI=1S/C21H39N5O2/c1-2-22-20(25-10-5-19(17-25)24-11-15-28-16-12-24)23-18-21(6-13-27-14-7-21)26-8-3-4-9-26/h19H,2-18H2,1H3,(H,22,23). The number of guanidine groups is 1. The molecule has 0 bridgehead atoms. The predicted octanol–water partition coefficient (Wildman–Crippen LogP) is 1.00. The third-order valence-electron chi connectivity index (χ3n) is 7.08. The smallest absolute Gasteiger partial charge is 0.194 e. The lowest BCUT2D eigenvalue weighted by atomic mass is 9.88. The number of ether oxygens (including phenoxy) is 2. The zero-order chi connectivity index (χ0) is 19.2. The summed E-state index contributed by atoms with van der Waals surface area (Å²) in [7, 11) is 0. The van der Waals surface area contributed by atoms with Gasteiger partial charge in [0.2, 0.25) is 0 Å². The number of hydrogen-bond donors (Lipinski definition) is 1. The van der Waals surface area contributed by atoms with Gasteiger partial charge in [-0.1, -0.05) is 0 Å². The van der Waals surface area contributed by atoms with E-state index in [9.17, 15) is 0 Å². The molecule has 0 spiro atoms. The number of nitrogens with zero attached hydrogens (tertiary/aromatic N) is 4. The van der Waals surface area contributed by atoms with E-state index in [0.29, 0.717) is 6.04 Å². The van der Waals surface area contributed by atoms with Gasteiger partial charge in [0.1, 0.15) is 0 Å². The lowest BCUT2D eigenvalue weighted by Gasteiger charge is -2.44. The van der Waals surface area contributed by atoms with Crippen LogP contribution < -0.4 is 5.32 Å². The molecule has 4 aliphatic heterocycles. The average Bonchev–Trinajstić information content (AvgIpc) is 3.45. The Hall–Kier alpha value is -0.890. The SMILES string of the molecule is CCNC(=NCC1(N2CCCC2)CCOCC1)N1CCC(N2CCOCC2)C1. The van der Waals surface area contributed by atoms with E-state index < -0.39 is 0 Å². The third-order valence-corrected chi connectivity index (χ3v) is 7.08. The molecule has 0 aliphatic carbocycles. The van der Waals surface area contributed by atoms with Crippen molar-refractivity contribution in [1.82, 2.24) is 20.0 Å². The Balaban J connectivity index is 1.42. The number of nitrogens with one attached hydrogen (secondary N) is 1. The molecular weight excluding hydrogens is 354 g/mol. The second-order valence-electron chi connectivity index (χ2n) is 8.74. The fraction of sp³-hybridized carbons (Fsp3) is 0.952. The molecule has 0 radical (unpaired) electrons. The van der Waals surface area contributed by atoms with Crippen molar-refractivity contribution in [2.45, 2.75) is 50.6 Å². The first-order valence-corrected chi connectivity index (χ1v) is 11.5. The molecule has 4 fully saturated rings. The van der Waals surface area contributed by atoms with Gasteiger partial charge in [0.05, 0.1) is 19.8 Å². The molecule has 4 rings (SSSR count). The van der Waals surface area contributed by atoms with Crippen LogP contribution in [0.1, 0.15) is 39.0 Å². The van der Waals surface area contributed by atoms with Crippen molar-refractivity contribution in [1.29, 1.82) is 0 Å². The maximum absolute atomic E-state index is 5.70. The van der Waals surface area contributed by atoms with Crippen molar-refractivity contribution in [3.8, 4) is 0 Å². The Bertz CT molecular complexity index is 511. The molecule has 0 amide bonds. The van der Waals surface area contributed by atoms with E-state index in [4.69, 9.17) is 14.5 Å². The van der Waals surface area contributed by atoms with Crippen LogP contribution in [0.2, 0.25) is 0 Å². The highest BCUT2D eigenvalue weighted by molar-refractivity contribution is 5.80. The second-order valence-corrected chi connectivity index (χ2v) is 8.74. The summed E-state index contributed by atoms with van der Waals surface area (Å²) in [6, 6.07) is 0.642. The maximum atomic E-state index is 5.70. The number of morpholine rings is 1. The van der Waals surface area contributed by atoms with Gasteiger partial charge in [-0.05, 0) is 52.1 Å². The minimum absolute atomic E-state index is 0.207. The van der Waals surface area contributed by atoms with Crippen molar-refractivity contribution < 1.29 is 9.47 Å². The second kappa shape index (κ2) is 9.74. The zero-order valence-electron chi connectivity index (χ0n) is 17.7. The molecule has 0 saturated carbocycles. The molecule has 7 nitrogen and oxygen atoms in total.